The first-order valence-electron chi connectivity index (χ1n) is 7.92. The van der Waals surface area contributed by atoms with Gasteiger partial charge in [0, 0.05) is 25.8 Å². The Kier molecular flexibility index (Phi) is 6.19. The fourth-order valence-electron chi connectivity index (χ4n) is 2.70. The van der Waals surface area contributed by atoms with Crippen LogP contribution in [0.5, 0.6) is 0 Å². The quantitative estimate of drug-likeness (QED) is 0.666. The largest absolute Gasteiger partial charge is 0.372 e. The number of ether oxygens (including phenoxy) is 1. The summed E-state index contributed by atoms with van der Waals surface area (Å²) in [6.07, 6.45) is 2.58. The number of nitrogens with one attached hydrogen (secondary N) is 1. The highest BCUT2D eigenvalue weighted by Gasteiger charge is 2.21. The lowest BCUT2D eigenvalue weighted by atomic mass is 10.1. The molecule has 122 valence electrons. The molecule has 0 bridgehead atoms. The molecule has 2 rings (SSSR count). The van der Waals surface area contributed by atoms with Crippen molar-refractivity contribution in [2.24, 2.45) is 0 Å². The molecular formula is C18H23N3O2. The van der Waals surface area contributed by atoms with Crippen molar-refractivity contribution in [2.45, 2.75) is 32.5 Å². The molecule has 1 aliphatic heterocycles. The SMILES string of the molecule is CC1CN(/C=C(/C#N)C(=O)NCCc2ccccc2)CC(C)O1. The summed E-state index contributed by atoms with van der Waals surface area (Å²) in [6.45, 7) is 5.86. The van der Waals surface area contributed by atoms with Crippen molar-refractivity contribution >= 4 is 5.91 Å². The second-order valence-electron chi connectivity index (χ2n) is 5.86. The molecule has 1 aromatic rings. The number of hydrogen-bond donors (Lipinski definition) is 1. The number of benzene rings is 1. The van der Waals surface area contributed by atoms with Crippen LogP contribution in [0.25, 0.3) is 0 Å². The van der Waals surface area contributed by atoms with Gasteiger partial charge in [-0.15, -0.1) is 0 Å². The minimum Gasteiger partial charge on any atom is -0.372 e. The number of nitrogens with zero attached hydrogens (tertiary/aromatic N) is 2. The molecule has 5 heteroatoms. The van der Waals surface area contributed by atoms with Gasteiger partial charge in [-0.25, -0.2) is 0 Å². The standard InChI is InChI=1S/C18H23N3O2/c1-14-11-21(12-15(2)23-14)13-17(10-19)18(22)20-9-8-16-6-4-3-5-7-16/h3-7,13-15H,8-9,11-12H2,1-2H3,(H,20,22)/b17-13-. The molecule has 1 N–H and O–H groups in total. The minimum atomic E-state index is -0.324. The molecule has 0 aromatic heterocycles. The van der Waals surface area contributed by atoms with E-state index in [0.29, 0.717) is 19.6 Å². The maximum atomic E-state index is 12.1. The number of morpholine rings is 1. The molecule has 0 radical (unpaired) electrons. The summed E-state index contributed by atoms with van der Waals surface area (Å²) < 4.78 is 5.65. The molecular weight excluding hydrogens is 290 g/mol. The van der Waals surface area contributed by atoms with E-state index in [1.54, 1.807) is 6.20 Å². The molecule has 0 aliphatic carbocycles. The van der Waals surface area contributed by atoms with E-state index in [9.17, 15) is 10.1 Å². The van der Waals surface area contributed by atoms with Gasteiger partial charge in [0.1, 0.15) is 11.6 Å². The van der Waals surface area contributed by atoms with Gasteiger partial charge in [0.05, 0.1) is 12.2 Å². The van der Waals surface area contributed by atoms with Gasteiger partial charge in [-0.2, -0.15) is 5.26 Å². The number of nitriles is 1. The second kappa shape index (κ2) is 8.35. The fourth-order valence-corrected chi connectivity index (χ4v) is 2.70. The molecule has 5 nitrogen and oxygen atoms in total. The molecule has 1 heterocycles. The average molecular weight is 313 g/mol. The maximum Gasteiger partial charge on any atom is 0.263 e. The topological polar surface area (TPSA) is 65.4 Å². The zero-order valence-corrected chi connectivity index (χ0v) is 13.7. The molecule has 1 fully saturated rings. The highest BCUT2D eigenvalue weighted by atomic mass is 16.5. The van der Waals surface area contributed by atoms with Crippen LogP contribution in [0.1, 0.15) is 19.4 Å². The van der Waals surface area contributed by atoms with E-state index < -0.39 is 0 Å². The van der Waals surface area contributed by atoms with Gasteiger partial charge in [-0.1, -0.05) is 30.3 Å². The number of carbonyl (C=O) groups excluding carboxylic acids is 1. The van der Waals surface area contributed by atoms with E-state index in [2.05, 4.69) is 5.32 Å². The molecule has 0 spiro atoms. The van der Waals surface area contributed by atoms with Gasteiger partial charge in [0.25, 0.3) is 5.91 Å². The summed E-state index contributed by atoms with van der Waals surface area (Å²) in [6, 6.07) is 11.9. The molecule has 2 atom stereocenters. The highest BCUT2D eigenvalue weighted by molar-refractivity contribution is 5.97. The van der Waals surface area contributed by atoms with E-state index in [4.69, 9.17) is 4.74 Å². The Bertz CT molecular complexity index is 582. The molecule has 1 aromatic carbocycles. The lowest BCUT2D eigenvalue weighted by Gasteiger charge is -2.34. The Morgan fingerprint density at radius 2 is 2.00 bits per heavy atom. The Balaban J connectivity index is 1.88. The minimum absolute atomic E-state index is 0.0936. The maximum absolute atomic E-state index is 12.1. The Labute approximate surface area is 137 Å². The Hall–Kier alpha value is -2.32. The number of amides is 1. The van der Waals surface area contributed by atoms with Crippen LogP contribution in [0.3, 0.4) is 0 Å². The molecule has 1 amide bonds. The third kappa shape index (κ3) is 5.42. The first-order valence-corrected chi connectivity index (χ1v) is 7.92. The van der Waals surface area contributed by atoms with Gasteiger partial charge in [-0.05, 0) is 25.8 Å². The van der Waals surface area contributed by atoms with Crippen LogP contribution < -0.4 is 5.32 Å². The number of hydrogen-bond acceptors (Lipinski definition) is 4. The van der Waals surface area contributed by atoms with Crippen molar-refractivity contribution in [3.8, 4) is 6.07 Å². The molecule has 2 unspecified atom stereocenters. The van der Waals surface area contributed by atoms with E-state index in [0.717, 1.165) is 12.0 Å². The van der Waals surface area contributed by atoms with Crippen LogP contribution in [0, 0.1) is 11.3 Å². The summed E-state index contributed by atoms with van der Waals surface area (Å²) in [7, 11) is 0. The van der Waals surface area contributed by atoms with Gasteiger partial charge < -0.3 is 15.0 Å². The summed E-state index contributed by atoms with van der Waals surface area (Å²) in [5, 5.41) is 12.0. The summed E-state index contributed by atoms with van der Waals surface area (Å²) in [5.74, 6) is -0.324. The smallest absolute Gasteiger partial charge is 0.263 e. The van der Waals surface area contributed by atoms with Crippen LogP contribution >= 0.6 is 0 Å². The summed E-state index contributed by atoms with van der Waals surface area (Å²) >= 11 is 0. The predicted octanol–water partition coefficient (Wildman–Crippen LogP) is 1.86. The zero-order valence-electron chi connectivity index (χ0n) is 13.7. The van der Waals surface area contributed by atoms with Crippen molar-refractivity contribution in [1.82, 2.24) is 10.2 Å². The first-order chi connectivity index (χ1) is 11.1. The van der Waals surface area contributed by atoms with E-state index >= 15 is 0 Å². The van der Waals surface area contributed by atoms with Gasteiger partial charge in [0.2, 0.25) is 0 Å². The van der Waals surface area contributed by atoms with Gasteiger partial charge >= 0.3 is 0 Å². The predicted molar refractivity (Wildman–Crippen MR) is 88.4 cm³/mol. The van der Waals surface area contributed by atoms with Crippen LogP contribution in [0.4, 0.5) is 0 Å². The van der Waals surface area contributed by atoms with Crippen molar-refractivity contribution < 1.29 is 9.53 Å². The van der Waals surface area contributed by atoms with Crippen LogP contribution in [-0.4, -0.2) is 42.6 Å². The number of carbonyl (C=O) groups is 1. The highest BCUT2D eigenvalue weighted by Crippen LogP contribution is 2.12. The van der Waals surface area contributed by atoms with Crippen molar-refractivity contribution in [1.29, 1.82) is 5.26 Å². The number of rotatable bonds is 5. The third-order valence-electron chi connectivity index (χ3n) is 3.67. The van der Waals surface area contributed by atoms with Crippen molar-refractivity contribution in [2.75, 3.05) is 19.6 Å². The lowest BCUT2D eigenvalue weighted by Crippen LogP contribution is -2.43. The fraction of sp³-hybridized carbons (Fsp3) is 0.444. The van der Waals surface area contributed by atoms with Crippen LogP contribution in [0.15, 0.2) is 42.1 Å². The lowest BCUT2D eigenvalue weighted by molar-refractivity contribution is -0.117. The third-order valence-corrected chi connectivity index (χ3v) is 3.67. The van der Waals surface area contributed by atoms with Crippen LogP contribution in [0.2, 0.25) is 0 Å². The monoisotopic (exact) mass is 313 g/mol. The van der Waals surface area contributed by atoms with Gasteiger partial charge in [0.15, 0.2) is 0 Å². The van der Waals surface area contributed by atoms with Crippen LogP contribution in [-0.2, 0) is 16.0 Å². The molecule has 1 aliphatic rings. The normalized spacial score (nSPS) is 21.6. The van der Waals surface area contributed by atoms with Crippen molar-refractivity contribution in [3.63, 3.8) is 0 Å². The Morgan fingerprint density at radius 1 is 1.35 bits per heavy atom. The van der Waals surface area contributed by atoms with E-state index in [1.807, 2.05) is 55.1 Å². The van der Waals surface area contributed by atoms with E-state index in [1.165, 1.54) is 0 Å². The second-order valence-corrected chi connectivity index (χ2v) is 5.86. The first kappa shape index (κ1) is 17.0. The Morgan fingerprint density at radius 3 is 2.61 bits per heavy atom. The average Bonchev–Trinajstić information content (AvgIpc) is 2.52. The summed E-state index contributed by atoms with van der Waals surface area (Å²) in [4.78, 5) is 14.1. The van der Waals surface area contributed by atoms with E-state index in [-0.39, 0.29) is 23.7 Å². The summed E-state index contributed by atoms with van der Waals surface area (Å²) in [5.41, 5.74) is 1.30. The zero-order chi connectivity index (χ0) is 16.7. The molecule has 23 heavy (non-hydrogen) atoms. The van der Waals surface area contributed by atoms with Gasteiger partial charge in [-0.3, -0.25) is 4.79 Å². The van der Waals surface area contributed by atoms with Crippen molar-refractivity contribution in [3.05, 3.63) is 47.7 Å². The molecule has 0 saturated carbocycles. The molecule has 1 saturated heterocycles.